The molecule has 0 spiro atoms. The fourth-order valence-electron chi connectivity index (χ4n) is 1.70. The summed E-state index contributed by atoms with van der Waals surface area (Å²) in [5.41, 5.74) is 1.30. The van der Waals surface area contributed by atoms with Crippen molar-refractivity contribution in [1.82, 2.24) is 10.6 Å². The van der Waals surface area contributed by atoms with E-state index < -0.39 is 0 Å². The highest BCUT2D eigenvalue weighted by molar-refractivity contribution is 5.95. The molecule has 0 aliphatic carbocycles. The lowest BCUT2D eigenvalue weighted by molar-refractivity contribution is -0.116. The number of benzene rings is 1. The summed E-state index contributed by atoms with van der Waals surface area (Å²) in [6, 6.07) is 7.01. The maximum atomic E-state index is 11.8. The number of hydrogen-bond acceptors (Lipinski definition) is 3. The SMILES string of the molecule is CNCCCC(=O)Nc1ccc(C(=O)NC(C)C)cc1. The molecule has 0 aromatic heterocycles. The van der Waals surface area contributed by atoms with Gasteiger partial charge in [-0.05, 0) is 58.1 Å². The highest BCUT2D eigenvalue weighted by atomic mass is 16.2. The molecule has 0 atom stereocenters. The van der Waals surface area contributed by atoms with Gasteiger partial charge in [0.25, 0.3) is 5.91 Å². The van der Waals surface area contributed by atoms with Gasteiger partial charge in [0.1, 0.15) is 0 Å². The van der Waals surface area contributed by atoms with E-state index in [0.717, 1.165) is 13.0 Å². The zero-order chi connectivity index (χ0) is 15.0. The number of hydrogen-bond donors (Lipinski definition) is 3. The van der Waals surface area contributed by atoms with Gasteiger partial charge in [0.15, 0.2) is 0 Å². The molecule has 3 N–H and O–H groups in total. The Morgan fingerprint density at radius 3 is 2.35 bits per heavy atom. The van der Waals surface area contributed by atoms with Crippen LogP contribution in [0.5, 0.6) is 0 Å². The van der Waals surface area contributed by atoms with Gasteiger partial charge in [-0.25, -0.2) is 0 Å². The van der Waals surface area contributed by atoms with Crippen LogP contribution in [0.25, 0.3) is 0 Å². The Kier molecular flexibility index (Phi) is 6.73. The zero-order valence-electron chi connectivity index (χ0n) is 12.3. The highest BCUT2D eigenvalue weighted by Gasteiger charge is 2.07. The van der Waals surface area contributed by atoms with Crippen molar-refractivity contribution in [3.8, 4) is 0 Å². The van der Waals surface area contributed by atoms with Crippen molar-refractivity contribution in [3.63, 3.8) is 0 Å². The minimum Gasteiger partial charge on any atom is -0.350 e. The first-order valence-corrected chi connectivity index (χ1v) is 6.88. The van der Waals surface area contributed by atoms with Crippen LogP contribution < -0.4 is 16.0 Å². The molecule has 0 aliphatic heterocycles. The molecule has 5 heteroatoms. The Morgan fingerprint density at radius 1 is 1.15 bits per heavy atom. The van der Waals surface area contributed by atoms with Crippen molar-refractivity contribution in [2.75, 3.05) is 18.9 Å². The van der Waals surface area contributed by atoms with Crippen LogP contribution in [-0.2, 0) is 4.79 Å². The Hall–Kier alpha value is -1.88. The lowest BCUT2D eigenvalue weighted by Gasteiger charge is -2.09. The predicted octanol–water partition coefficient (Wildman–Crippen LogP) is 1.76. The molecule has 2 amide bonds. The lowest BCUT2D eigenvalue weighted by Crippen LogP contribution is -2.30. The quantitative estimate of drug-likeness (QED) is 0.665. The Bertz CT molecular complexity index is 441. The van der Waals surface area contributed by atoms with Crippen molar-refractivity contribution in [2.24, 2.45) is 0 Å². The molecule has 1 aromatic rings. The molecule has 0 unspecified atom stereocenters. The number of rotatable bonds is 7. The molecule has 1 aromatic carbocycles. The van der Waals surface area contributed by atoms with Crippen LogP contribution in [0.2, 0.25) is 0 Å². The summed E-state index contributed by atoms with van der Waals surface area (Å²) in [7, 11) is 1.86. The Labute approximate surface area is 120 Å². The molecule has 0 aliphatic rings. The highest BCUT2D eigenvalue weighted by Crippen LogP contribution is 2.10. The van der Waals surface area contributed by atoms with Gasteiger partial charge in [-0.2, -0.15) is 0 Å². The van der Waals surface area contributed by atoms with E-state index in [-0.39, 0.29) is 17.9 Å². The van der Waals surface area contributed by atoms with E-state index in [1.54, 1.807) is 24.3 Å². The van der Waals surface area contributed by atoms with Crippen LogP contribution in [0.4, 0.5) is 5.69 Å². The summed E-state index contributed by atoms with van der Waals surface area (Å²) >= 11 is 0. The standard InChI is InChI=1S/C15H23N3O2/c1-11(2)17-15(20)12-6-8-13(9-7-12)18-14(19)5-4-10-16-3/h6-9,11,16H,4-5,10H2,1-3H3,(H,17,20)(H,18,19). The normalized spacial score (nSPS) is 10.4. The van der Waals surface area contributed by atoms with Crippen molar-refractivity contribution in [1.29, 1.82) is 0 Å². The van der Waals surface area contributed by atoms with Crippen LogP contribution in [0, 0.1) is 0 Å². The number of nitrogens with one attached hydrogen (secondary N) is 3. The predicted molar refractivity (Wildman–Crippen MR) is 80.8 cm³/mol. The second kappa shape index (κ2) is 8.32. The minimum absolute atomic E-state index is 0.0142. The third-order valence-electron chi connectivity index (χ3n) is 2.68. The van der Waals surface area contributed by atoms with E-state index in [9.17, 15) is 9.59 Å². The number of carbonyl (C=O) groups excluding carboxylic acids is 2. The Balaban J connectivity index is 2.50. The monoisotopic (exact) mass is 277 g/mol. The van der Waals surface area contributed by atoms with Crippen molar-refractivity contribution >= 4 is 17.5 Å². The third kappa shape index (κ3) is 5.84. The van der Waals surface area contributed by atoms with Crippen LogP contribution in [0.15, 0.2) is 24.3 Å². The molecule has 0 radical (unpaired) electrons. The molecule has 5 nitrogen and oxygen atoms in total. The van der Waals surface area contributed by atoms with Crippen LogP contribution in [0.1, 0.15) is 37.0 Å². The molecule has 20 heavy (non-hydrogen) atoms. The average molecular weight is 277 g/mol. The van der Waals surface area contributed by atoms with Crippen molar-refractivity contribution in [3.05, 3.63) is 29.8 Å². The van der Waals surface area contributed by atoms with Gasteiger partial charge in [0, 0.05) is 23.7 Å². The van der Waals surface area contributed by atoms with E-state index >= 15 is 0 Å². The van der Waals surface area contributed by atoms with Gasteiger partial charge < -0.3 is 16.0 Å². The molecule has 110 valence electrons. The maximum absolute atomic E-state index is 11.8. The van der Waals surface area contributed by atoms with Gasteiger partial charge in [-0.15, -0.1) is 0 Å². The fourth-order valence-corrected chi connectivity index (χ4v) is 1.70. The van der Waals surface area contributed by atoms with E-state index in [4.69, 9.17) is 0 Å². The van der Waals surface area contributed by atoms with E-state index in [1.165, 1.54) is 0 Å². The minimum atomic E-state index is -0.105. The second-order valence-electron chi connectivity index (χ2n) is 4.96. The summed E-state index contributed by atoms with van der Waals surface area (Å²) < 4.78 is 0. The lowest BCUT2D eigenvalue weighted by atomic mass is 10.2. The average Bonchev–Trinajstić information content (AvgIpc) is 2.39. The summed E-state index contributed by atoms with van der Waals surface area (Å²) in [6.07, 6.45) is 1.29. The molecule has 0 fully saturated rings. The molecule has 0 saturated heterocycles. The van der Waals surface area contributed by atoms with Crippen LogP contribution >= 0.6 is 0 Å². The molecule has 0 heterocycles. The molecule has 0 bridgehead atoms. The zero-order valence-corrected chi connectivity index (χ0v) is 12.3. The summed E-state index contributed by atoms with van der Waals surface area (Å²) in [5.74, 6) is -0.119. The van der Waals surface area contributed by atoms with Crippen LogP contribution in [0.3, 0.4) is 0 Å². The number of anilines is 1. The van der Waals surface area contributed by atoms with Gasteiger partial charge in [-0.1, -0.05) is 0 Å². The summed E-state index contributed by atoms with van der Waals surface area (Å²) in [5, 5.41) is 8.63. The van der Waals surface area contributed by atoms with Crippen molar-refractivity contribution < 1.29 is 9.59 Å². The molecular weight excluding hydrogens is 254 g/mol. The first-order valence-electron chi connectivity index (χ1n) is 6.88. The fraction of sp³-hybridized carbons (Fsp3) is 0.467. The van der Waals surface area contributed by atoms with E-state index in [1.807, 2.05) is 20.9 Å². The number of carbonyl (C=O) groups is 2. The largest absolute Gasteiger partial charge is 0.350 e. The van der Waals surface area contributed by atoms with Gasteiger partial charge >= 0.3 is 0 Å². The molecule has 1 rings (SSSR count). The molecular formula is C15H23N3O2. The van der Waals surface area contributed by atoms with Gasteiger partial charge in [0.2, 0.25) is 5.91 Å². The third-order valence-corrected chi connectivity index (χ3v) is 2.68. The first kappa shape index (κ1) is 16.2. The van der Waals surface area contributed by atoms with Gasteiger partial charge in [-0.3, -0.25) is 9.59 Å². The number of amides is 2. The van der Waals surface area contributed by atoms with Gasteiger partial charge in [0.05, 0.1) is 0 Å². The Morgan fingerprint density at radius 2 is 1.80 bits per heavy atom. The smallest absolute Gasteiger partial charge is 0.251 e. The summed E-state index contributed by atoms with van der Waals surface area (Å²) in [6.45, 7) is 4.65. The van der Waals surface area contributed by atoms with Crippen LogP contribution in [-0.4, -0.2) is 31.4 Å². The topological polar surface area (TPSA) is 70.2 Å². The molecule has 0 saturated carbocycles. The summed E-state index contributed by atoms with van der Waals surface area (Å²) in [4.78, 5) is 23.4. The second-order valence-corrected chi connectivity index (χ2v) is 4.96. The van der Waals surface area contributed by atoms with E-state index in [0.29, 0.717) is 17.7 Å². The van der Waals surface area contributed by atoms with Crippen molar-refractivity contribution in [2.45, 2.75) is 32.7 Å². The maximum Gasteiger partial charge on any atom is 0.251 e. The first-order chi connectivity index (χ1) is 9.52. The van der Waals surface area contributed by atoms with E-state index in [2.05, 4.69) is 16.0 Å².